The van der Waals surface area contributed by atoms with Crippen LogP contribution in [0.15, 0.2) is 41.6 Å². The third kappa shape index (κ3) is 6.62. The van der Waals surface area contributed by atoms with Gasteiger partial charge in [-0.25, -0.2) is 18.4 Å². The Labute approximate surface area is 163 Å². The Morgan fingerprint density at radius 1 is 1.19 bits per heavy atom. The second-order valence-electron chi connectivity index (χ2n) is 5.30. The Hall–Kier alpha value is -2.50. The van der Waals surface area contributed by atoms with Crippen LogP contribution in [0, 0.1) is 0 Å². The van der Waals surface area contributed by atoms with Crippen molar-refractivity contribution in [3.63, 3.8) is 0 Å². The lowest BCUT2D eigenvalue weighted by atomic mass is 10.3. The maximum Gasteiger partial charge on any atom is 0.263 e. The molecule has 11 heteroatoms. The molecule has 0 bridgehead atoms. The van der Waals surface area contributed by atoms with Gasteiger partial charge in [0.05, 0.1) is 12.0 Å². The van der Waals surface area contributed by atoms with Crippen LogP contribution in [-0.2, 0) is 14.8 Å². The Bertz CT molecular complexity index is 859. The summed E-state index contributed by atoms with van der Waals surface area (Å²) in [5.41, 5.74) is 0.668. The van der Waals surface area contributed by atoms with E-state index in [4.69, 9.17) is 21.7 Å². The van der Waals surface area contributed by atoms with Gasteiger partial charge >= 0.3 is 0 Å². The van der Waals surface area contributed by atoms with E-state index in [-0.39, 0.29) is 16.6 Å². The smallest absolute Gasteiger partial charge is 0.263 e. The molecule has 0 aliphatic heterocycles. The van der Waals surface area contributed by atoms with E-state index in [0.29, 0.717) is 24.0 Å². The molecule has 0 unspecified atom stereocenters. The molecule has 0 saturated heterocycles. The highest BCUT2D eigenvalue weighted by molar-refractivity contribution is 7.92. The monoisotopic (exact) mass is 411 g/mol. The van der Waals surface area contributed by atoms with E-state index in [0.717, 1.165) is 6.42 Å². The number of sulfonamides is 1. The lowest BCUT2D eigenvalue weighted by molar-refractivity contribution is 0.196. The van der Waals surface area contributed by atoms with E-state index < -0.39 is 10.0 Å². The van der Waals surface area contributed by atoms with Crippen LogP contribution in [0.4, 0.5) is 11.5 Å². The van der Waals surface area contributed by atoms with Crippen molar-refractivity contribution in [3.05, 3.63) is 36.7 Å². The summed E-state index contributed by atoms with van der Waals surface area (Å²) in [6.07, 6.45) is 2.04. The van der Waals surface area contributed by atoms with E-state index in [1.807, 2.05) is 0 Å². The van der Waals surface area contributed by atoms with Crippen LogP contribution in [0.2, 0.25) is 0 Å². The Morgan fingerprint density at radius 3 is 2.59 bits per heavy atom. The highest BCUT2D eigenvalue weighted by Gasteiger charge is 2.15. The van der Waals surface area contributed by atoms with Gasteiger partial charge in [0.25, 0.3) is 10.0 Å². The molecule has 1 aromatic heterocycles. The number of nitrogens with one attached hydrogen (secondary N) is 3. The summed E-state index contributed by atoms with van der Waals surface area (Å²) < 4.78 is 37.2. The van der Waals surface area contributed by atoms with Gasteiger partial charge in [-0.1, -0.05) is 0 Å². The van der Waals surface area contributed by atoms with Crippen molar-refractivity contribution in [1.29, 1.82) is 0 Å². The molecule has 9 nitrogen and oxygen atoms in total. The van der Waals surface area contributed by atoms with Crippen LogP contribution >= 0.6 is 12.2 Å². The standard InChI is InChI=1S/C16H21N5O4S2/c1-24-9-3-8-17-16(26)20-12-4-6-13(7-5-12)27(22,23)21-14-10-15(25-2)19-11-18-14/h4-7,10-11H,3,8-9H2,1-2H3,(H2,17,20,26)(H,18,19,21). The Morgan fingerprint density at radius 2 is 1.93 bits per heavy atom. The van der Waals surface area contributed by atoms with E-state index in [9.17, 15) is 8.42 Å². The molecule has 2 rings (SSSR count). The fraction of sp³-hybridized carbons (Fsp3) is 0.312. The molecule has 0 aliphatic rings. The van der Waals surface area contributed by atoms with Crippen LogP contribution in [0.1, 0.15) is 6.42 Å². The number of benzene rings is 1. The first-order valence-electron chi connectivity index (χ1n) is 7.97. The third-order valence-corrected chi connectivity index (χ3v) is 4.94. The van der Waals surface area contributed by atoms with Crippen molar-refractivity contribution in [2.24, 2.45) is 0 Å². The lowest BCUT2D eigenvalue weighted by Crippen LogP contribution is -2.29. The van der Waals surface area contributed by atoms with Gasteiger partial charge in [-0.2, -0.15) is 0 Å². The zero-order valence-corrected chi connectivity index (χ0v) is 16.6. The Kier molecular flexibility index (Phi) is 7.70. The summed E-state index contributed by atoms with van der Waals surface area (Å²) in [6.45, 7) is 1.33. The molecule has 0 spiro atoms. The first kappa shape index (κ1) is 20.8. The minimum absolute atomic E-state index is 0.0876. The normalized spacial score (nSPS) is 10.9. The molecule has 0 radical (unpaired) electrons. The van der Waals surface area contributed by atoms with Gasteiger partial charge in [0.15, 0.2) is 5.11 Å². The number of anilines is 2. The minimum atomic E-state index is -3.79. The second-order valence-corrected chi connectivity index (χ2v) is 7.39. The number of nitrogens with zero attached hydrogens (tertiary/aromatic N) is 2. The SMILES string of the molecule is COCCCNC(=S)Nc1ccc(S(=O)(=O)Nc2cc(OC)ncn2)cc1. The van der Waals surface area contributed by atoms with Gasteiger partial charge in [0, 0.05) is 32.0 Å². The summed E-state index contributed by atoms with van der Waals surface area (Å²) >= 11 is 5.18. The lowest BCUT2D eigenvalue weighted by Gasteiger charge is -2.11. The van der Waals surface area contributed by atoms with Gasteiger partial charge in [0.2, 0.25) is 5.88 Å². The molecular formula is C16H21N5O4S2. The first-order chi connectivity index (χ1) is 12.9. The zero-order chi connectivity index (χ0) is 19.7. The van der Waals surface area contributed by atoms with E-state index in [1.54, 1.807) is 19.2 Å². The molecule has 0 saturated carbocycles. The minimum Gasteiger partial charge on any atom is -0.481 e. The largest absolute Gasteiger partial charge is 0.481 e. The zero-order valence-electron chi connectivity index (χ0n) is 14.9. The van der Waals surface area contributed by atoms with Crippen molar-refractivity contribution in [2.45, 2.75) is 11.3 Å². The maximum absolute atomic E-state index is 12.5. The van der Waals surface area contributed by atoms with Gasteiger partial charge in [-0.3, -0.25) is 4.72 Å². The van der Waals surface area contributed by atoms with Crippen LogP contribution in [-0.4, -0.2) is 50.9 Å². The number of ether oxygens (including phenoxy) is 2. The molecule has 3 N–H and O–H groups in total. The molecule has 1 aromatic carbocycles. The summed E-state index contributed by atoms with van der Waals surface area (Å²) in [4.78, 5) is 7.79. The molecule has 1 heterocycles. The molecule has 0 aliphatic carbocycles. The van der Waals surface area contributed by atoms with E-state index >= 15 is 0 Å². The third-order valence-electron chi connectivity index (χ3n) is 3.32. The number of rotatable bonds is 9. The average molecular weight is 412 g/mol. The van der Waals surface area contributed by atoms with Gasteiger partial charge in [-0.05, 0) is 42.9 Å². The molecule has 0 atom stereocenters. The van der Waals surface area contributed by atoms with Crippen LogP contribution in [0.5, 0.6) is 5.88 Å². The number of hydrogen-bond acceptors (Lipinski definition) is 7. The van der Waals surface area contributed by atoms with Crippen molar-refractivity contribution in [1.82, 2.24) is 15.3 Å². The van der Waals surface area contributed by atoms with E-state index in [1.165, 1.54) is 31.6 Å². The molecule has 27 heavy (non-hydrogen) atoms. The fourth-order valence-corrected chi connectivity index (χ4v) is 3.23. The molecular weight excluding hydrogens is 390 g/mol. The summed E-state index contributed by atoms with van der Waals surface area (Å²) in [7, 11) is -0.715. The maximum atomic E-state index is 12.5. The predicted octanol–water partition coefficient (Wildman–Crippen LogP) is 1.61. The van der Waals surface area contributed by atoms with Crippen LogP contribution in [0.3, 0.4) is 0 Å². The van der Waals surface area contributed by atoms with Crippen LogP contribution in [0.25, 0.3) is 0 Å². The fourth-order valence-electron chi connectivity index (χ4n) is 2.01. The van der Waals surface area contributed by atoms with Crippen LogP contribution < -0.4 is 20.1 Å². The number of thiocarbonyl (C=S) groups is 1. The number of aromatic nitrogens is 2. The number of methoxy groups -OCH3 is 2. The second kappa shape index (κ2) is 10.00. The highest BCUT2D eigenvalue weighted by Crippen LogP contribution is 2.18. The molecule has 2 aromatic rings. The van der Waals surface area contributed by atoms with Crippen molar-refractivity contribution in [3.8, 4) is 5.88 Å². The predicted molar refractivity (Wildman–Crippen MR) is 107 cm³/mol. The molecule has 0 amide bonds. The van der Waals surface area contributed by atoms with Crippen molar-refractivity contribution >= 4 is 38.9 Å². The summed E-state index contributed by atoms with van der Waals surface area (Å²) in [5.74, 6) is 0.374. The molecule has 146 valence electrons. The van der Waals surface area contributed by atoms with Gasteiger partial charge < -0.3 is 20.1 Å². The quantitative estimate of drug-likeness (QED) is 0.418. The van der Waals surface area contributed by atoms with Gasteiger partial charge in [0.1, 0.15) is 12.1 Å². The summed E-state index contributed by atoms with van der Waals surface area (Å²) in [6, 6.07) is 7.57. The van der Waals surface area contributed by atoms with Gasteiger partial charge in [-0.15, -0.1) is 0 Å². The average Bonchev–Trinajstić information content (AvgIpc) is 2.65. The summed E-state index contributed by atoms with van der Waals surface area (Å²) in [5, 5.41) is 6.48. The first-order valence-corrected chi connectivity index (χ1v) is 9.86. The topological polar surface area (TPSA) is 114 Å². The van der Waals surface area contributed by atoms with E-state index in [2.05, 4.69) is 25.3 Å². The van der Waals surface area contributed by atoms with Crippen molar-refractivity contribution < 1.29 is 17.9 Å². The highest BCUT2D eigenvalue weighted by atomic mass is 32.2. The number of hydrogen-bond donors (Lipinski definition) is 3. The van der Waals surface area contributed by atoms with Crippen molar-refractivity contribution in [2.75, 3.05) is 37.4 Å². The Balaban J connectivity index is 1.97. The molecule has 0 fully saturated rings.